The number of benzene rings is 2. The standard InChI is InChI=1S/C27H32F2N4O6S3.2H2/c1-33(42(3,38)39)27-32-22(15-41-27)26(37)31-21(13-16-11-18(28)14-19(29)12-16)24(35)23(34)20(9-10-40-2)30-25(36)17-7-5-4-6-8-17;;/h4-8,11-12,14-15,20-21,23-24,34-35H,9-10,13H2,1-3H3,(H,30,36)(H,31,37);2*1H/t20-,21+,23-,24-;;/m1../s1. The summed E-state index contributed by atoms with van der Waals surface area (Å²) in [6, 6.07) is 8.79. The minimum atomic E-state index is -3.64. The number of aliphatic hydroxyl groups excluding tert-OH is 2. The van der Waals surface area contributed by atoms with Crippen LogP contribution in [0.5, 0.6) is 0 Å². The summed E-state index contributed by atoms with van der Waals surface area (Å²) in [5, 5.41) is 29.2. The molecule has 2 aromatic carbocycles. The molecule has 232 valence electrons. The normalized spacial score (nSPS) is 14.5. The Bertz CT molecular complexity index is 1470. The van der Waals surface area contributed by atoms with Crippen LogP contribution >= 0.6 is 23.1 Å². The number of hydrogen-bond acceptors (Lipinski definition) is 9. The van der Waals surface area contributed by atoms with Crippen LogP contribution in [0.4, 0.5) is 13.9 Å². The van der Waals surface area contributed by atoms with Gasteiger partial charge in [0, 0.05) is 26.9 Å². The molecule has 0 spiro atoms. The lowest BCUT2D eigenvalue weighted by atomic mass is 9.92. The summed E-state index contributed by atoms with van der Waals surface area (Å²) >= 11 is 2.35. The van der Waals surface area contributed by atoms with E-state index < -0.39 is 57.8 Å². The quantitative estimate of drug-likeness (QED) is 0.209. The number of carbonyl (C=O) groups is 2. The molecule has 15 heteroatoms. The molecule has 1 aromatic heterocycles. The molecule has 0 bridgehead atoms. The third kappa shape index (κ3) is 9.19. The third-order valence-corrected chi connectivity index (χ3v) is 9.19. The van der Waals surface area contributed by atoms with E-state index in [1.165, 1.54) is 24.2 Å². The van der Waals surface area contributed by atoms with Crippen LogP contribution in [0.3, 0.4) is 0 Å². The first kappa shape index (κ1) is 33.4. The second kappa shape index (κ2) is 14.9. The first-order valence-electron chi connectivity index (χ1n) is 12.7. The van der Waals surface area contributed by atoms with Gasteiger partial charge in [-0.3, -0.25) is 9.59 Å². The van der Waals surface area contributed by atoms with Crippen LogP contribution in [-0.2, 0) is 16.4 Å². The first-order chi connectivity index (χ1) is 19.8. The van der Waals surface area contributed by atoms with Crippen LogP contribution in [0.15, 0.2) is 53.9 Å². The molecule has 42 heavy (non-hydrogen) atoms. The molecular weight excluding hydrogens is 611 g/mol. The molecule has 0 fully saturated rings. The van der Waals surface area contributed by atoms with Crippen molar-refractivity contribution < 1.29 is 39.9 Å². The summed E-state index contributed by atoms with van der Waals surface area (Å²) in [5.41, 5.74) is 0.263. The molecule has 0 aliphatic carbocycles. The number of hydrogen-bond donors (Lipinski definition) is 4. The zero-order chi connectivity index (χ0) is 31.0. The van der Waals surface area contributed by atoms with Crippen LogP contribution in [0.2, 0.25) is 0 Å². The molecule has 4 N–H and O–H groups in total. The van der Waals surface area contributed by atoms with Gasteiger partial charge in [0.2, 0.25) is 10.0 Å². The van der Waals surface area contributed by atoms with E-state index >= 15 is 0 Å². The Morgan fingerprint density at radius 1 is 1.05 bits per heavy atom. The Morgan fingerprint density at radius 3 is 2.24 bits per heavy atom. The Morgan fingerprint density at radius 2 is 1.64 bits per heavy atom. The second-order valence-electron chi connectivity index (χ2n) is 9.52. The highest BCUT2D eigenvalue weighted by molar-refractivity contribution is 7.98. The number of nitrogens with one attached hydrogen (secondary N) is 2. The van der Waals surface area contributed by atoms with Crippen LogP contribution in [-0.4, -0.2) is 85.0 Å². The predicted molar refractivity (Wildman–Crippen MR) is 164 cm³/mol. The van der Waals surface area contributed by atoms with Gasteiger partial charge in [-0.15, -0.1) is 11.3 Å². The summed E-state index contributed by atoms with van der Waals surface area (Å²) in [7, 11) is -2.37. The first-order valence-corrected chi connectivity index (χ1v) is 16.8. The van der Waals surface area contributed by atoms with Crippen molar-refractivity contribution in [3.8, 4) is 0 Å². The maximum Gasteiger partial charge on any atom is 0.271 e. The third-order valence-electron chi connectivity index (χ3n) is 6.35. The smallest absolute Gasteiger partial charge is 0.271 e. The summed E-state index contributed by atoms with van der Waals surface area (Å²) in [6.45, 7) is 0. The van der Waals surface area contributed by atoms with Gasteiger partial charge in [-0.25, -0.2) is 26.5 Å². The lowest BCUT2D eigenvalue weighted by molar-refractivity contribution is -0.0224. The SMILES string of the molecule is CSCC[C@@H](NC(=O)c1ccccc1)[C@@H](O)[C@H](O)[C@H](Cc1cc(F)cc(F)c1)NC(=O)c1csc(N(C)S(C)(=O)=O)n1.[HH].[HH]. The number of aromatic nitrogens is 1. The van der Waals surface area contributed by atoms with Gasteiger partial charge in [0.1, 0.15) is 29.5 Å². The zero-order valence-corrected chi connectivity index (χ0v) is 25.5. The molecule has 1 heterocycles. The Hall–Kier alpha value is -3.11. The summed E-state index contributed by atoms with van der Waals surface area (Å²) < 4.78 is 52.5. The molecule has 0 unspecified atom stereocenters. The number of halogens is 2. The zero-order valence-electron chi connectivity index (χ0n) is 23.0. The van der Waals surface area contributed by atoms with Gasteiger partial charge in [-0.05, 0) is 54.7 Å². The summed E-state index contributed by atoms with van der Waals surface area (Å²) in [5.74, 6) is -2.52. The lowest BCUT2D eigenvalue weighted by Crippen LogP contribution is -2.56. The van der Waals surface area contributed by atoms with Gasteiger partial charge >= 0.3 is 0 Å². The number of aliphatic hydroxyl groups is 2. The number of sulfonamides is 1. The minimum absolute atomic E-state index is 0. The fourth-order valence-corrected chi connectivity index (χ4v) is 6.05. The van der Waals surface area contributed by atoms with Gasteiger partial charge in [-0.2, -0.15) is 11.8 Å². The number of thioether (sulfide) groups is 1. The average Bonchev–Trinajstić information content (AvgIpc) is 3.43. The largest absolute Gasteiger partial charge is 0.388 e. The van der Waals surface area contributed by atoms with Crippen LogP contribution in [0.25, 0.3) is 0 Å². The highest BCUT2D eigenvalue weighted by atomic mass is 32.2. The van der Waals surface area contributed by atoms with Crippen molar-refractivity contribution in [1.29, 1.82) is 0 Å². The molecule has 3 rings (SSSR count). The molecule has 3 aromatic rings. The minimum Gasteiger partial charge on any atom is -0.388 e. The van der Waals surface area contributed by atoms with Crippen molar-refractivity contribution in [2.45, 2.75) is 37.1 Å². The molecular formula is C27H36F2N4O6S3. The van der Waals surface area contributed by atoms with Crippen molar-refractivity contribution in [1.82, 2.24) is 15.6 Å². The van der Waals surface area contributed by atoms with E-state index in [0.717, 1.165) is 34.0 Å². The van der Waals surface area contributed by atoms with Gasteiger partial charge in [0.15, 0.2) is 5.13 Å². The molecule has 0 saturated heterocycles. The highest BCUT2D eigenvalue weighted by Gasteiger charge is 2.35. The molecule has 0 radical (unpaired) electrons. The number of thiazole rings is 1. The Kier molecular flexibility index (Phi) is 11.8. The number of rotatable bonds is 14. The molecule has 0 aliphatic rings. The van der Waals surface area contributed by atoms with E-state index in [0.29, 0.717) is 17.4 Å². The lowest BCUT2D eigenvalue weighted by Gasteiger charge is -2.33. The molecule has 0 saturated carbocycles. The predicted octanol–water partition coefficient (Wildman–Crippen LogP) is 2.92. The summed E-state index contributed by atoms with van der Waals surface area (Å²) in [6.07, 6.45) is -0.523. The molecule has 10 nitrogen and oxygen atoms in total. The van der Waals surface area contributed by atoms with E-state index in [-0.39, 0.29) is 32.1 Å². The molecule has 0 aliphatic heterocycles. The van der Waals surface area contributed by atoms with Gasteiger partial charge < -0.3 is 20.8 Å². The number of amides is 2. The van der Waals surface area contributed by atoms with Crippen LogP contribution < -0.4 is 14.9 Å². The van der Waals surface area contributed by atoms with E-state index in [4.69, 9.17) is 0 Å². The maximum absolute atomic E-state index is 14.0. The number of anilines is 1. The highest BCUT2D eigenvalue weighted by Crippen LogP contribution is 2.22. The van der Waals surface area contributed by atoms with Crippen molar-refractivity contribution in [3.63, 3.8) is 0 Å². The fourth-order valence-electron chi connectivity index (χ4n) is 4.03. The number of nitrogens with zero attached hydrogens (tertiary/aromatic N) is 2. The number of carbonyl (C=O) groups excluding carboxylic acids is 2. The Balaban J connectivity index is 0.00000484. The van der Waals surface area contributed by atoms with Gasteiger partial charge in [0.25, 0.3) is 11.8 Å². The van der Waals surface area contributed by atoms with Crippen molar-refractivity contribution >= 4 is 50.1 Å². The van der Waals surface area contributed by atoms with E-state index in [9.17, 15) is 37.0 Å². The van der Waals surface area contributed by atoms with Crippen molar-refractivity contribution in [2.24, 2.45) is 0 Å². The maximum atomic E-state index is 14.0. The fraction of sp³-hybridized carbons (Fsp3) is 0.370. The van der Waals surface area contributed by atoms with Crippen molar-refractivity contribution in [3.05, 3.63) is 82.4 Å². The monoisotopic (exact) mass is 646 g/mol. The van der Waals surface area contributed by atoms with Crippen molar-refractivity contribution in [2.75, 3.05) is 29.6 Å². The Labute approximate surface area is 254 Å². The summed E-state index contributed by atoms with van der Waals surface area (Å²) in [4.78, 5) is 30.0. The second-order valence-corrected chi connectivity index (χ2v) is 13.4. The molecule has 2 amide bonds. The van der Waals surface area contributed by atoms with Crippen LogP contribution in [0.1, 0.15) is 35.7 Å². The topological polar surface area (TPSA) is 149 Å². The molecule has 4 atom stereocenters. The van der Waals surface area contributed by atoms with E-state index in [1.54, 1.807) is 30.3 Å². The van der Waals surface area contributed by atoms with Gasteiger partial charge in [-0.1, -0.05) is 18.2 Å². The van der Waals surface area contributed by atoms with E-state index in [2.05, 4.69) is 15.6 Å². The average molecular weight is 647 g/mol. The van der Waals surface area contributed by atoms with E-state index in [1.807, 2.05) is 6.26 Å². The van der Waals surface area contributed by atoms with Crippen LogP contribution in [0, 0.1) is 11.6 Å². The van der Waals surface area contributed by atoms with Gasteiger partial charge in [0.05, 0.1) is 18.3 Å².